The quantitative estimate of drug-likeness (QED) is 0.682. The largest absolute Gasteiger partial charge is 0.486 e. The lowest BCUT2D eigenvalue weighted by Gasteiger charge is -2.41. The van der Waals surface area contributed by atoms with Gasteiger partial charge in [0.2, 0.25) is 15.9 Å². The van der Waals surface area contributed by atoms with Gasteiger partial charge in [-0.15, -0.1) is 0 Å². The number of ether oxygens (including phenoxy) is 3. The van der Waals surface area contributed by atoms with E-state index in [1.165, 1.54) is 16.4 Å². The van der Waals surface area contributed by atoms with Crippen LogP contribution in [-0.2, 0) is 19.6 Å². The lowest BCUT2D eigenvalue weighted by Crippen LogP contribution is -2.57. The molecule has 1 amide bonds. The molecule has 0 spiro atoms. The van der Waals surface area contributed by atoms with Gasteiger partial charge in [-0.05, 0) is 38.8 Å². The average molecular weight is 454 g/mol. The maximum atomic E-state index is 13.3. The molecule has 9 nitrogen and oxygen atoms in total. The summed E-state index contributed by atoms with van der Waals surface area (Å²) >= 11 is 0. The van der Waals surface area contributed by atoms with Crippen LogP contribution in [0.1, 0.15) is 26.7 Å². The van der Waals surface area contributed by atoms with E-state index in [9.17, 15) is 13.2 Å². The van der Waals surface area contributed by atoms with Crippen molar-refractivity contribution in [3.8, 4) is 11.5 Å². The van der Waals surface area contributed by atoms with E-state index >= 15 is 0 Å². The fourth-order valence-corrected chi connectivity index (χ4v) is 5.98. The number of morpholine rings is 1. The van der Waals surface area contributed by atoms with Crippen LogP contribution in [0.2, 0.25) is 0 Å². The minimum absolute atomic E-state index is 0.116. The Morgan fingerprint density at radius 3 is 2.55 bits per heavy atom. The number of rotatable bonds is 6. The summed E-state index contributed by atoms with van der Waals surface area (Å²) in [5, 5.41) is 2.99. The van der Waals surface area contributed by atoms with Crippen molar-refractivity contribution >= 4 is 15.9 Å². The van der Waals surface area contributed by atoms with Crippen LogP contribution in [0.3, 0.4) is 0 Å². The molecule has 1 unspecified atom stereocenters. The molecule has 3 aliphatic heterocycles. The zero-order valence-corrected chi connectivity index (χ0v) is 18.9. The van der Waals surface area contributed by atoms with Crippen molar-refractivity contribution < 1.29 is 27.4 Å². The van der Waals surface area contributed by atoms with Crippen molar-refractivity contribution in [1.82, 2.24) is 14.5 Å². The summed E-state index contributed by atoms with van der Waals surface area (Å²) in [6, 6.07) is 3.90. The highest BCUT2D eigenvalue weighted by molar-refractivity contribution is 7.89. The lowest BCUT2D eigenvalue weighted by molar-refractivity contribution is -0.125. The zero-order valence-electron chi connectivity index (χ0n) is 18.1. The molecule has 10 heteroatoms. The first-order chi connectivity index (χ1) is 14.8. The lowest BCUT2D eigenvalue weighted by atomic mass is 10.0. The molecule has 0 bridgehead atoms. The van der Waals surface area contributed by atoms with Gasteiger partial charge in [0.25, 0.3) is 0 Å². The molecule has 0 saturated carbocycles. The summed E-state index contributed by atoms with van der Waals surface area (Å²) in [5.41, 5.74) is -0.239. The van der Waals surface area contributed by atoms with Crippen molar-refractivity contribution in [2.75, 3.05) is 52.6 Å². The summed E-state index contributed by atoms with van der Waals surface area (Å²) in [6.07, 6.45) is 1.16. The van der Waals surface area contributed by atoms with Crippen LogP contribution in [0.25, 0.3) is 0 Å². The molecule has 1 aromatic rings. The predicted molar refractivity (Wildman–Crippen MR) is 114 cm³/mol. The number of amides is 1. The molecule has 172 valence electrons. The van der Waals surface area contributed by atoms with E-state index in [2.05, 4.69) is 24.1 Å². The van der Waals surface area contributed by atoms with Crippen molar-refractivity contribution in [3.63, 3.8) is 0 Å². The van der Waals surface area contributed by atoms with Crippen molar-refractivity contribution in [3.05, 3.63) is 18.2 Å². The van der Waals surface area contributed by atoms with E-state index in [4.69, 9.17) is 14.2 Å². The van der Waals surface area contributed by atoms with Gasteiger partial charge < -0.3 is 19.5 Å². The van der Waals surface area contributed by atoms with Crippen molar-refractivity contribution in [2.24, 2.45) is 0 Å². The molecule has 2 fully saturated rings. The third kappa shape index (κ3) is 4.67. The Hall–Kier alpha value is -1.88. The smallest absolute Gasteiger partial charge is 0.243 e. The summed E-state index contributed by atoms with van der Waals surface area (Å²) in [4.78, 5) is 15.4. The Morgan fingerprint density at radius 2 is 1.81 bits per heavy atom. The Labute approximate surface area is 183 Å². The molecule has 3 heterocycles. The zero-order chi connectivity index (χ0) is 22.1. The van der Waals surface area contributed by atoms with Gasteiger partial charge in [0.05, 0.1) is 18.1 Å². The van der Waals surface area contributed by atoms with Crippen LogP contribution in [0, 0.1) is 0 Å². The van der Waals surface area contributed by atoms with Crippen LogP contribution in [0.4, 0.5) is 0 Å². The van der Waals surface area contributed by atoms with Gasteiger partial charge in [-0.25, -0.2) is 8.42 Å². The van der Waals surface area contributed by atoms with E-state index in [0.717, 1.165) is 13.1 Å². The number of carbonyl (C=O) groups excluding carboxylic acids is 1. The Bertz CT molecular complexity index is 914. The summed E-state index contributed by atoms with van der Waals surface area (Å²) in [5.74, 6) is 0.700. The number of hydrogen-bond donors (Lipinski definition) is 1. The summed E-state index contributed by atoms with van der Waals surface area (Å²) in [6.45, 7) is 8.74. The van der Waals surface area contributed by atoms with Crippen LogP contribution in [-0.4, -0.2) is 87.7 Å². The topological polar surface area (TPSA) is 97.4 Å². The Balaban J connectivity index is 1.44. The number of fused-ring (bicyclic) bond motifs is 1. The number of benzene rings is 1. The number of hydrogen-bond acceptors (Lipinski definition) is 7. The van der Waals surface area contributed by atoms with Gasteiger partial charge in [-0.3, -0.25) is 9.69 Å². The van der Waals surface area contributed by atoms with Gasteiger partial charge in [0.1, 0.15) is 19.3 Å². The second kappa shape index (κ2) is 8.93. The molecular formula is C21H31N3O6S. The fourth-order valence-electron chi connectivity index (χ4n) is 4.31. The highest BCUT2D eigenvalue weighted by Crippen LogP contribution is 2.34. The first-order valence-corrected chi connectivity index (χ1v) is 12.2. The van der Waals surface area contributed by atoms with Crippen LogP contribution in [0.15, 0.2) is 23.1 Å². The Kier molecular flexibility index (Phi) is 6.43. The number of nitrogens with one attached hydrogen (secondary N) is 1. The molecule has 1 atom stereocenters. The SMILES string of the molecule is CC(C)(CNC(=O)C1CCCN1S(=O)(=O)c1ccc2c(c1)OCCO2)N1CCOCC1. The standard InChI is InChI=1S/C21H31N3O6S/c1-21(2,23-8-10-28-11-9-23)15-22-20(25)17-4-3-7-24(17)31(26,27)16-5-6-18-19(14-16)30-13-12-29-18/h5-6,14,17H,3-4,7-13,15H2,1-2H3,(H,22,25). The monoisotopic (exact) mass is 453 g/mol. The van der Waals surface area contributed by atoms with Gasteiger partial charge in [0.15, 0.2) is 11.5 Å². The van der Waals surface area contributed by atoms with E-state index in [-0.39, 0.29) is 16.3 Å². The highest BCUT2D eigenvalue weighted by Gasteiger charge is 2.40. The second-order valence-corrected chi connectivity index (χ2v) is 10.6. The molecule has 0 aliphatic carbocycles. The molecule has 0 radical (unpaired) electrons. The number of nitrogens with zero attached hydrogens (tertiary/aromatic N) is 2. The first-order valence-electron chi connectivity index (χ1n) is 10.8. The van der Waals surface area contributed by atoms with E-state index in [0.29, 0.717) is 63.9 Å². The number of carbonyl (C=O) groups is 1. The third-order valence-corrected chi connectivity index (χ3v) is 8.09. The molecule has 2 saturated heterocycles. The predicted octanol–water partition coefficient (Wildman–Crippen LogP) is 0.838. The number of sulfonamides is 1. The van der Waals surface area contributed by atoms with Crippen LogP contribution in [0.5, 0.6) is 11.5 Å². The molecule has 1 aromatic carbocycles. The van der Waals surface area contributed by atoms with E-state index < -0.39 is 16.1 Å². The Morgan fingerprint density at radius 1 is 1.10 bits per heavy atom. The minimum Gasteiger partial charge on any atom is -0.486 e. The molecule has 31 heavy (non-hydrogen) atoms. The maximum absolute atomic E-state index is 13.3. The van der Waals surface area contributed by atoms with Crippen molar-refractivity contribution in [1.29, 1.82) is 0 Å². The molecule has 3 aliphatic rings. The van der Waals surface area contributed by atoms with E-state index in [1.54, 1.807) is 6.07 Å². The van der Waals surface area contributed by atoms with Gasteiger partial charge in [0, 0.05) is 37.8 Å². The first kappa shape index (κ1) is 22.3. The maximum Gasteiger partial charge on any atom is 0.243 e. The fraction of sp³-hybridized carbons (Fsp3) is 0.667. The van der Waals surface area contributed by atoms with Crippen molar-refractivity contribution in [2.45, 2.75) is 43.2 Å². The molecule has 1 N–H and O–H groups in total. The van der Waals surface area contributed by atoms with Gasteiger partial charge in [-0.2, -0.15) is 4.31 Å². The van der Waals surface area contributed by atoms with Crippen LogP contribution >= 0.6 is 0 Å². The molecular weight excluding hydrogens is 422 g/mol. The van der Waals surface area contributed by atoms with Crippen LogP contribution < -0.4 is 14.8 Å². The second-order valence-electron chi connectivity index (χ2n) is 8.71. The van der Waals surface area contributed by atoms with Gasteiger partial charge >= 0.3 is 0 Å². The molecule has 4 rings (SSSR count). The highest BCUT2D eigenvalue weighted by atomic mass is 32.2. The van der Waals surface area contributed by atoms with E-state index in [1.807, 2.05) is 0 Å². The minimum atomic E-state index is -3.83. The normalized spacial score (nSPS) is 23.0. The summed E-state index contributed by atoms with van der Waals surface area (Å²) in [7, 11) is -3.83. The summed E-state index contributed by atoms with van der Waals surface area (Å²) < 4.78 is 44.4. The molecule has 0 aromatic heterocycles. The third-order valence-electron chi connectivity index (χ3n) is 6.19. The van der Waals surface area contributed by atoms with Gasteiger partial charge in [-0.1, -0.05) is 0 Å². The average Bonchev–Trinajstić information content (AvgIpc) is 3.29.